The predicted octanol–water partition coefficient (Wildman–Crippen LogP) is 2.81. The summed E-state index contributed by atoms with van der Waals surface area (Å²) in [4.78, 5) is 27.7. The lowest BCUT2D eigenvalue weighted by atomic mass is 9.96. The third kappa shape index (κ3) is 4.96. The molecule has 2 aliphatic rings. The van der Waals surface area contributed by atoms with Crippen LogP contribution in [0.2, 0.25) is 0 Å². The Morgan fingerprint density at radius 2 is 2.09 bits per heavy atom. The number of carbonyl (C=O) groups excluding carboxylic acids is 2. The molecule has 2 fully saturated rings. The van der Waals surface area contributed by atoms with E-state index in [0.717, 1.165) is 28.8 Å². The zero-order chi connectivity index (χ0) is 24.2. The molecule has 2 heterocycles. The lowest BCUT2D eigenvalue weighted by Crippen LogP contribution is -2.59. The lowest BCUT2D eigenvalue weighted by molar-refractivity contribution is -0.139. The van der Waals surface area contributed by atoms with Gasteiger partial charge >= 0.3 is 0 Å². The third-order valence-electron chi connectivity index (χ3n) is 6.84. The van der Waals surface area contributed by atoms with Crippen LogP contribution in [0.1, 0.15) is 39.5 Å². The minimum absolute atomic E-state index is 0.0564. The van der Waals surface area contributed by atoms with Gasteiger partial charge in [-0.05, 0) is 47.7 Å². The molecule has 34 heavy (non-hydrogen) atoms. The van der Waals surface area contributed by atoms with Crippen molar-refractivity contribution in [3.05, 3.63) is 69.5 Å². The van der Waals surface area contributed by atoms with Gasteiger partial charge < -0.3 is 14.4 Å². The number of hydrogen-bond acceptors (Lipinski definition) is 6. The van der Waals surface area contributed by atoms with Crippen LogP contribution in [0.3, 0.4) is 0 Å². The molecule has 8 heteroatoms. The van der Waals surface area contributed by atoms with E-state index in [1.165, 1.54) is 6.07 Å². The molecule has 1 amide bonds. The van der Waals surface area contributed by atoms with Gasteiger partial charge in [-0.1, -0.05) is 24.3 Å². The molecule has 0 radical (unpaired) electrons. The maximum Gasteiger partial charge on any atom is 0.293 e. The number of rotatable bonds is 6. The molecule has 2 aliphatic heterocycles. The van der Waals surface area contributed by atoms with Gasteiger partial charge in [-0.3, -0.25) is 14.5 Å². The third-order valence-corrected chi connectivity index (χ3v) is 6.84. The predicted molar refractivity (Wildman–Crippen MR) is 122 cm³/mol. The Hall–Kier alpha value is -3.28. The summed E-state index contributed by atoms with van der Waals surface area (Å²) in [5.41, 5.74) is 4.32. The van der Waals surface area contributed by atoms with Crippen molar-refractivity contribution in [3.8, 4) is 6.07 Å². The van der Waals surface area contributed by atoms with Crippen molar-refractivity contribution >= 4 is 12.4 Å². The van der Waals surface area contributed by atoms with Crippen molar-refractivity contribution in [2.75, 3.05) is 32.8 Å². The molecular formula is C26H28FN3O4. The molecule has 0 spiro atoms. The fraction of sp³-hybridized carbons (Fsp3) is 0.423. The number of nitriles is 1. The highest BCUT2D eigenvalue weighted by Gasteiger charge is 2.36. The molecule has 0 N–H and O–H groups in total. The van der Waals surface area contributed by atoms with Crippen molar-refractivity contribution in [2.45, 2.75) is 39.0 Å². The minimum Gasteiger partial charge on any atom is -0.463 e. The zero-order valence-corrected chi connectivity index (χ0v) is 19.4. The average Bonchev–Trinajstić information content (AvgIpc) is 2.84. The second-order valence-corrected chi connectivity index (χ2v) is 8.90. The number of hydrogen-bond donors (Lipinski definition) is 0. The van der Waals surface area contributed by atoms with Gasteiger partial charge in [0.05, 0.1) is 30.7 Å². The first-order valence-corrected chi connectivity index (χ1v) is 11.4. The molecule has 2 atom stereocenters. The number of nitrogens with zero attached hydrogens (tertiary/aromatic N) is 3. The maximum atomic E-state index is 13.9. The second kappa shape index (κ2) is 10.3. The molecule has 0 saturated carbocycles. The van der Waals surface area contributed by atoms with E-state index >= 15 is 0 Å². The van der Waals surface area contributed by atoms with Gasteiger partial charge in [0.2, 0.25) is 5.91 Å². The summed E-state index contributed by atoms with van der Waals surface area (Å²) < 4.78 is 24.9. The molecule has 4 rings (SSSR count). The normalized spacial score (nSPS) is 20.4. The number of amides is 1. The summed E-state index contributed by atoms with van der Waals surface area (Å²) in [6, 6.07) is 10.9. The first kappa shape index (κ1) is 23.9. The molecule has 0 bridgehead atoms. The van der Waals surface area contributed by atoms with Crippen LogP contribution in [-0.2, 0) is 32.1 Å². The molecule has 0 aliphatic carbocycles. The van der Waals surface area contributed by atoms with Gasteiger partial charge in [-0.15, -0.1) is 0 Å². The molecular weight excluding hydrogens is 437 g/mol. The van der Waals surface area contributed by atoms with Crippen molar-refractivity contribution in [2.24, 2.45) is 0 Å². The number of carbonyl (C=O) groups is 2. The van der Waals surface area contributed by atoms with Crippen LogP contribution in [0.15, 0.2) is 30.3 Å². The standard InChI is InChI=1S/C26H28FN3O4/c1-17-3-4-19(9-20(17)14-33-16-31)10-26(32)30-8-7-29-13-25(34-15-21(29)12-30)22-5-6-24(27)23(11-28)18(22)2/h3-6,9,16,21,25H,7-8,10,12-15H2,1-2H3. The minimum atomic E-state index is -0.512. The Morgan fingerprint density at radius 3 is 2.85 bits per heavy atom. The van der Waals surface area contributed by atoms with Gasteiger partial charge in [-0.25, -0.2) is 4.39 Å². The molecule has 2 unspecified atom stereocenters. The summed E-state index contributed by atoms with van der Waals surface area (Å²) in [6.45, 7) is 7.36. The van der Waals surface area contributed by atoms with Gasteiger partial charge in [0.25, 0.3) is 6.47 Å². The van der Waals surface area contributed by atoms with Crippen molar-refractivity contribution in [1.82, 2.24) is 9.80 Å². The van der Waals surface area contributed by atoms with Crippen molar-refractivity contribution in [3.63, 3.8) is 0 Å². The second-order valence-electron chi connectivity index (χ2n) is 8.90. The Balaban J connectivity index is 1.37. The molecule has 2 aromatic carbocycles. The largest absolute Gasteiger partial charge is 0.463 e. The first-order valence-electron chi connectivity index (χ1n) is 11.4. The van der Waals surface area contributed by atoms with Crippen LogP contribution in [0.25, 0.3) is 0 Å². The average molecular weight is 466 g/mol. The molecule has 178 valence electrons. The first-order chi connectivity index (χ1) is 16.4. The quantitative estimate of drug-likeness (QED) is 0.610. The number of piperazine rings is 1. The van der Waals surface area contributed by atoms with Crippen molar-refractivity contribution < 1.29 is 23.5 Å². The highest BCUT2D eigenvalue weighted by Crippen LogP contribution is 2.31. The van der Waals surface area contributed by atoms with Crippen LogP contribution in [0.4, 0.5) is 4.39 Å². The summed E-state index contributed by atoms with van der Waals surface area (Å²) in [5, 5.41) is 9.26. The number of aryl methyl sites for hydroxylation is 1. The van der Waals surface area contributed by atoms with E-state index < -0.39 is 5.82 Å². The number of morpholine rings is 1. The summed E-state index contributed by atoms with van der Waals surface area (Å²) in [7, 11) is 0. The number of ether oxygens (including phenoxy) is 2. The van der Waals surface area contributed by atoms with E-state index in [-0.39, 0.29) is 36.6 Å². The molecule has 2 saturated heterocycles. The van der Waals surface area contributed by atoms with E-state index in [1.807, 2.05) is 36.1 Å². The number of benzene rings is 2. The van der Waals surface area contributed by atoms with E-state index in [9.17, 15) is 19.2 Å². The van der Waals surface area contributed by atoms with Gasteiger partial charge in [0.15, 0.2) is 0 Å². The van der Waals surface area contributed by atoms with Gasteiger partial charge in [-0.2, -0.15) is 5.26 Å². The Labute approximate surface area is 198 Å². The van der Waals surface area contributed by atoms with E-state index in [4.69, 9.17) is 9.47 Å². The zero-order valence-electron chi connectivity index (χ0n) is 19.4. The number of halogens is 1. The van der Waals surface area contributed by atoms with Crippen molar-refractivity contribution in [1.29, 1.82) is 5.26 Å². The Kier molecular flexibility index (Phi) is 7.25. The molecule has 2 aromatic rings. The fourth-order valence-electron chi connectivity index (χ4n) is 4.78. The van der Waals surface area contributed by atoms with E-state index in [2.05, 4.69) is 4.90 Å². The maximum absolute atomic E-state index is 13.9. The Bertz CT molecular complexity index is 1130. The smallest absolute Gasteiger partial charge is 0.293 e. The highest BCUT2D eigenvalue weighted by atomic mass is 19.1. The van der Waals surface area contributed by atoms with E-state index in [0.29, 0.717) is 38.3 Å². The molecule has 7 nitrogen and oxygen atoms in total. The fourth-order valence-corrected chi connectivity index (χ4v) is 4.78. The number of fused-ring (bicyclic) bond motifs is 1. The monoisotopic (exact) mass is 465 g/mol. The summed E-state index contributed by atoms with van der Waals surface area (Å²) >= 11 is 0. The van der Waals surface area contributed by atoms with Gasteiger partial charge in [0.1, 0.15) is 18.5 Å². The highest BCUT2D eigenvalue weighted by molar-refractivity contribution is 5.79. The van der Waals surface area contributed by atoms with E-state index in [1.54, 1.807) is 13.0 Å². The van der Waals surface area contributed by atoms with Crippen LogP contribution in [0.5, 0.6) is 0 Å². The topological polar surface area (TPSA) is 82.9 Å². The Morgan fingerprint density at radius 1 is 1.26 bits per heavy atom. The van der Waals surface area contributed by atoms with Crippen LogP contribution >= 0.6 is 0 Å². The SMILES string of the molecule is Cc1ccc(CC(=O)N2CCN3CC(c4ccc(F)c(C#N)c4C)OCC3C2)cc1COC=O. The van der Waals surface area contributed by atoms with Crippen LogP contribution in [0, 0.1) is 31.0 Å². The lowest BCUT2D eigenvalue weighted by Gasteiger charge is -2.46. The summed E-state index contributed by atoms with van der Waals surface area (Å²) in [6.07, 6.45) is 0.0572. The molecule has 0 aromatic heterocycles. The van der Waals surface area contributed by atoms with Crippen LogP contribution in [-0.4, -0.2) is 61.0 Å². The van der Waals surface area contributed by atoms with Gasteiger partial charge in [0, 0.05) is 26.2 Å². The van der Waals surface area contributed by atoms with Crippen LogP contribution < -0.4 is 0 Å². The summed E-state index contributed by atoms with van der Waals surface area (Å²) in [5.74, 6) is -0.456.